The number of alkyl halides is 1. The summed E-state index contributed by atoms with van der Waals surface area (Å²) < 4.78 is 0. The van der Waals surface area contributed by atoms with E-state index in [-0.39, 0.29) is 23.2 Å². The van der Waals surface area contributed by atoms with E-state index in [0.29, 0.717) is 0 Å². The Balaban J connectivity index is 1.71. The fourth-order valence-corrected chi connectivity index (χ4v) is 4.08. The lowest BCUT2D eigenvalue weighted by atomic mass is 9.82. The summed E-state index contributed by atoms with van der Waals surface area (Å²) in [5, 5.41) is 3.34. The van der Waals surface area contributed by atoms with Gasteiger partial charge in [0.2, 0.25) is 5.91 Å². The molecular weight excluding hydrogens is 282 g/mol. The van der Waals surface area contributed by atoms with Gasteiger partial charge in [-0.2, -0.15) is 0 Å². The summed E-state index contributed by atoms with van der Waals surface area (Å²) >= 11 is 6.46. The molecule has 114 valence electrons. The van der Waals surface area contributed by atoms with Gasteiger partial charge < -0.3 is 5.32 Å². The van der Waals surface area contributed by atoms with Crippen molar-refractivity contribution in [3.8, 4) is 0 Å². The molecule has 0 spiro atoms. The Morgan fingerprint density at radius 3 is 2.76 bits per heavy atom. The molecule has 1 fully saturated rings. The Hall–Kier alpha value is -1.02. The highest BCUT2D eigenvalue weighted by Crippen LogP contribution is 2.32. The Labute approximate surface area is 132 Å². The average molecular weight is 306 g/mol. The van der Waals surface area contributed by atoms with Gasteiger partial charge in [-0.25, -0.2) is 0 Å². The average Bonchev–Trinajstić information content (AvgIpc) is 2.71. The number of carbonyl (C=O) groups is 1. The molecule has 3 heteroatoms. The van der Waals surface area contributed by atoms with Crippen LogP contribution in [0.25, 0.3) is 0 Å². The predicted molar refractivity (Wildman–Crippen MR) is 86.8 cm³/mol. The number of benzene rings is 1. The summed E-state index contributed by atoms with van der Waals surface area (Å²) in [5.74, 6) is 0.196. The molecule has 0 aliphatic heterocycles. The van der Waals surface area contributed by atoms with Gasteiger partial charge in [0.15, 0.2) is 0 Å². The monoisotopic (exact) mass is 305 g/mol. The first-order valence-corrected chi connectivity index (χ1v) is 8.71. The van der Waals surface area contributed by atoms with Crippen molar-refractivity contribution >= 4 is 17.5 Å². The van der Waals surface area contributed by atoms with Crippen LogP contribution in [0.4, 0.5) is 0 Å². The summed E-state index contributed by atoms with van der Waals surface area (Å²) in [5.41, 5.74) is 2.56. The first-order chi connectivity index (χ1) is 10.3. The molecule has 1 aromatic rings. The summed E-state index contributed by atoms with van der Waals surface area (Å²) in [6.07, 6.45) is 8.81. The minimum Gasteiger partial charge on any atom is -0.351 e. The SMILES string of the molecule is O=C(NC1CCCCCC1Cl)C1CCCc2ccccc21. The zero-order valence-corrected chi connectivity index (χ0v) is 13.2. The van der Waals surface area contributed by atoms with Gasteiger partial charge >= 0.3 is 0 Å². The number of hydrogen-bond donors (Lipinski definition) is 1. The molecule has 2 nitrogen and oxygen atoms in total. The summed E-state index contributed by atoms with van der Waals surface area (Å²) in [6, 6.07) is 8.53. The first-order valence-electron chi connectivity index (χ1n) is 8.28. The molecule has 0 saturated heterocycles. The second kappa shape index (κ2) is 6.83. The standard InChI is InChI=1S/C18H24ClNO/c19-16-11-2-1-3-12-17(16)20-18(21)15-10-6-8-13-7-4-5-9-14(13)15/h4-5,7,9,15-17H,1-3,6,8,10-12H2,(H,20,21). The zero-order chi connectivity index (χ0) is 14.7. The molecular formula is C18H24ClNO. The normalized spacial score (nSPS) is 29.3. The highest BCUT2D eigenvalue weighted by molar-refractivity contribution is 6.21. The van der Waals surface area contributed by atoms with Gasteiger partial charge in [0.25, 0.3) is 0 Å². The Morgan fingerprint density at radius 2 is 1.86 bits per heavy atom. The molecule has 1 aromatic carbocycles. The van der Waals surface area contributed by atoms with E-state index in [1.807, 2.05) is 6.07 Å². The van der Waals surface area contributed by atoms with Crippen LogP contribution in [0, 0.1) is 0 Å². The van der Waals surface area contributed by atoms with Crippen LogP contribution in [-0.4, -0.2) is 17.3 Å². The quantitative estimate of drug-likeness (QED) is 0.645. The number of aryl methyl sites for hydroxylation is 1. The Bertz CT molecular complexity index is 502. The van der Waals surface area contributed by atoms with Gasteiger partial charge in [-0.05, 0) is 43.2 Å². The Morgan fingerprint density at radius 1 is 1.05 bits per heavy atom. The maximum atomic E-state index is 12.7. The molecule has 0 bridgehead atoms. The van der Waals surface area contributed by atoms with E-state index in [1.165, 1.54) is 30.4 Å². The Kier molecular flexibility index (Phi) is 4.84. The number of nitrogens with one attached hydrogen (secondary N) is 1. The predicted octanol–water partition coefficient (Wildman–Crippen LogP) is 4.16. The molecule has 0 radical (unpaired) electrons. The van der Waals surface area contributed by atoms with E-state index < -0.39 is 0 Å². The minimum absolute atomic E-state index is 0.0158. The van der Waals surface area contributed by atoms with E-state index in [0.717, 1.165) is 32.1 Å². The molecule has 1 saturated carbocycles. The number of fused-ring (bicyclic) bond motifs is 1. The molecule has 3 rings (SSSR count). The zero-order valence-electron chi connectivity index (χ0n) is 12.5. The summed E-state index contributed by atoms with van der Waals surface area (Å²) in [7, 11) is 0. The van der Waals surface area contributed by atoms with Crippen LogP contribution < -0.4 is 5.32 Å². The van der Waals surface area contributed by atoms with Crippen molar-refractivity contribution in [2.75, 3.05) is 0 Å². The molecule has 3 unspecified atom stereocenters. The lowest BCUT2D eigenvalue weighted by molar-refractivity contribution is -0.123. The molecule has 3 atom stereocenters. The third-order valence-corrected chi connectivity index (χ3v) is 5.47. The van der Waals surface area contributed by atoms with Crippen LogP contribution in [0.2, 0.25) is 0 Å². The lowest BCUT2D eigenvalue weighted by Gasteiger charge is -2.28. The van der Waals surface area contributed by atoms with E-state index in [4.69, 9.17) is 11.6 Å². The van der Waals surface area contributed by atoms with E-state index in [1.54, 1.807) is 0 Å². The maximum Gasteiger partial charge on any atom is 0.227 e. The van der Waals surface area contributed by atoms with Crippen molar-refractivity contribution in [3.63, 3.8) is 0 Å². The van der Waals surface area contributed by atoms with Gasteiger partial charge in [0, 0.05) is 6.04 Å². The fourth-order valence-electron chi connectivity index (χ4n) is 3.73. The van der Waals surface area contributed by atoms with Gasteiger partial charge in [-0.1, -0.05) is 43.5 Å². The lowest BCUT2D eigenvalue weighted by Crippen LogP contribution is -2.43. The molecule has 2 aliphatic carbocycles. The summed E-state index contributed by atoms with van der Waals surface area (Å²) in [6.45, 7) is 0. The van der Waals surface area contributed by atoms with Crippen molar-refractivity contribution in [2.24, 2.45) is 0 Å². The largest absolute Gasteiger partial charge is 0.351 e. The second-order valence-corrected chi connectivity index (χ2v) is 6.97. The third kappa shape index (κ3) is 3.42. The smallest absolute Gasteiger partial charge is 0.227 e. The third-order valence-electron chi connectivity index (χ3n) is 4.95. The van der Waals surface area contributed by atoms with Crippen LogP contribution in [0.5, 0.6) is 0 Å². The molecule has 0 aromatic heterocycles. The molecule has 1 amide bonds. The fraction of sp³-hybridized carbons (Fsp3) is 0.611. The molecule has 1 N–H and O–H groups in total. The van der Waals surface area contributed by atoms with Crippen molar-refractivity contribution in [3.05, 3.63) is 35.4 Å². The minimum atomic E-state index is 0.0158. The van der Waals surface area contributed by atoms with Crippen molar-refractivity contribution in [1.82, 2.24) is 5.32 Å². The van der Waals surface area contributed by atoms with Crippen molar-refractivity contribution < 1.29 is 4.79 Å². The summed E-state index contributed by atoms with van der Waals surface area (Å²) in [4.78, 5) is 12.7. The van der Waals surface area contributed by atoms with Crippen molar-refractivity contribution in [2.45, 2.75) is 68.7 Å². The molecule has 0 heterocycles. The highest BCUT2D eigenvalue weighted by atomic mass is 35.5. The van der Waals surface area contributed by atoms with Crippen LogP contribution in [-0.2, 0) is 11.2 Å². The van der Waals surface area contributed by atoms with Gasteiger partial charge in [0.1, 0.15) is 0 Å². The van der Waals surface area contributed by atoms with Crippen LogP contribution in [0.1, 0.15) is 62.0 Å². The van der Waals surface area contributed by atoms with E-state index in [2.05, 4.69) is 23.5 Å². The van der Waals surface area contributed by atoms with Crippen LogP contribution in [0.15, 0.2) is 24.3 Å². The first kappa shape index (κ1) is 14.9. The maximum absolute atomic E-state index is 12.7. The topological polar surface area (TPSA) is 29.1 Å². The number of rotatable bonds is 2. The van der Waals surface area contributed by atoms with Crippen LogP contribution in [0.3, 0.4) is 0 Å². The van der Waals surface area contributed by atoms with E-state index >= 15 is 0 Å². The molecule has 21 heavy (non-hydrogen) atoms. The number of carbonyl (C=O) groups excluding carboxylic acids is 1. The van der Waals surface area contributed by atoms with Crippen LogP contribution >= 0.6 is 11.6 Å². The number of hydrogen-bond acceptors (Lipinski definition) is 1. The van der Waals surface area contributed by atoms with Gasteiger partial charge in [-0.3, -0.25) is 4.79 Å². The number of halogens is 1. The van der Waals surface area contributed by atoms with E-state index in [9.17, 15) is 4.79 Å². The van der Waals surface area contributed by atoms with Gasteiger partial charge in [0.05, 0.1) is 11.3 Å². The van der Waals surface area contributed by atoms with Gasteiger partial charge in [-0.15, -0.1) is 11.6 Å². The van der Waals surface area contributed by atoms with Crippen molar-refractivity contribution in [1.29, 1.82) is 0 Å². The second-order valence-electron chi connectivity index (χ2n) is 6.41. The number of amides is 1. The highest BCUT2D eigenvalue weighted by Gasteiger charge is 2.30. The molecule has 2 aliphatic rings.